The molecule has 0 radical (unpaired) electrons. The molecule has 0 aliphatic carbocycles. The van der Waals surface area contributed by atoms with Crippen LogP contribution < -0.4 is 0 Å². The van der Waals surface area contributed by atoms with Crippen molar-refractivity contribution in [2.45, 2.75) is 25.2 Å². The second-order valence-corrected chi connectivity index (χ2v) is 5.70. The van der Waals surface area contributed by atoms with Crippen LogP contribution in [0.4, 0.5) is 13.2 Å². The van der Waals surface area contributed by atoms with Crippen LogP contribution >= 0.6 is 22.6 Å². The molecule has 0 bridgehead atoms. The molecular formula is C12H10F3IN2O2. The van der Waals surface area contributed by atoms with Gasteiger partial charge in [-0.1, -0.05) is 0 Å². The first-order valence-corrected chi connectivity index (χ1v) is 6.66. The summed E-state index contributed by atoms with van der Waals surface area (Å²) in [6.45, 7) is 1.33. The number of aliphatic hydroxyl groups is 1. The third-order valence-corrected chi connectivity index (χ3v) is 3.58. The highest BCUT2D eigenvalue weighted by atomic mass is 127. The number of hydrogen-bond donors (Lipinski definition) is 1. The fraction of sp³-hybridized carbons (Fsp3) is 0.333. The lowest BCUT2D eigenvalue weighted by Gasteiger charge is -2.32. The van der Waals surface area contributed by atoms with Crippen LogP contribution in [0.1, 0.15) is 23.7 Å². The molecule has 1 N–H and O–H groups in total. The van der Waals surface area contributed by atoms with Crippen LogP contribution in [0.25, 0.3) is 0 Å². The quantitative estimate of drug-likeness (QED) is 0.740. The molecule has 1 aliphatic rings. The van der Waals surface area contributed by atoms with Crippen LogP contribution in [-0.4, -0.2) is 33.6 Å². The van der Waals surface area contributed by atoms with Gasteiger partial charge in [0.1, 0.15) is 0 Å². The van der Waals surface area contributed by atoms with Gasteiger partial charge in [0.05, 0.1) is 0 Å². The molecule has 0 spiro atoms. The lowest BCUT2D eigenvalue weighted by molar-refractivity contribution is -0.297. The van der Waals surface area contributed by atoms with Gasteiger partial charge in [0.2, 0.25) is 0 Å². The molecule has 1 aromatic carbocycles. The predicted molar refractivity (Wildman–Crippen MR) is 74.1 cm³/mol. The third kappa shape index (κ3) is 2.53. The molecule has 1 amide bonds. The van der Waals surface area contributed by atoms with E-state index in [1.807, 2.05) is 22.6 Å². The highest BCUT2D eigenvalue weighted by molar-refractivity contribution is 14.1. The molecule has 4 nitrogen and oxygen atoms in total. The van der Waals surface area contributed by atoms with Crippen molar-refractivity contribution < 1.29 is 23.1 Å². The maximum atomic E-state index is 13.0. The molecule has 0 saturated carbocycles. The largest absolute Gasteiger partial charge is 0.438 e. The Bertz CT molecular complexity index is 571. The van der Waals surface area contributed by atoms with Crippen LogP contribution in [0.5, 0.6) is 0 Å². The maximum Gasteiger partial charge on any atom is 0.438 e. The number of carbonyl (C=O) groups excluding carboxylic acids is 1. The smallest absolute Gasteiger partial charge is 0.362 e. The summed E-state index contributed by atoms with van der Waals surface area (Å²) in [4.78, 5) is 12.1. The summed E-state index contributed by atoms with van der Waals surface area (Å²) in [5, 5.41) is 13.5. The number of nitrogens with zero attached hydrogens (tertiary/aromatic N) is 2. The summed E-state index contributed by atoms with van der Waals surface area (Å²) in [6, 6.07) is 5.97. The van der Waals surface area contributed by atoms with E-state index in [0.29, 0.717) is 0 Å². The van der Waals surface area contributed by atoms with Crippen LogP contribution in [0.3, 0.4) is 0 Å². The van der Waals surface area contributed by atoms with Crippen molar-refractivity contribution in [1.82, 2.24) is 5.01 Å². The van der Waals surface area contributed by atoms with E-state index in [1.54, 1.807) is 12.1 Å². The van der Waals surface area contributed by atoms with Crippen molar-refractivity contribution in [3.63, 3.8) is 0 Å². The summed E-state index contributed by atoms with van der Waals surface area (Å²) < 4.78 is 39.8. The lowest BCUT2D eigenvalue weighted by Crippen LogP contribution is -2.56. The highest BCUT2D eigenvalue weighted by Crippen LogP contribution is 2.40. The second kappa shape index (κ2) is 4.99. The Labute approximate surface area is 126 Å². The number of halogens is 4. The van der Waals surface area contributed by atoms with E-state index in [4.69, 9.17) is 0 Å². The zero-order valence-corrected chi connectivity index (χ0v) is 12.4. The molecule has 108 valence electrons. The first-order chi connectivity index (χ1) is 9.15. The van der Waals surface area contributed by atoms with Gasteiger partial charge >= 0.3 is 6.18 Å². The molecule has 1 aromatic rings. The zero-order valence-electron chi connectivity index (χ0n) is 10.3. The van der Waals surface area contributed by atoms with E-state index < -0.39 is 24.2 Å². The minimum Gasteiger partial charge on any atom is -0.362 e. The van der Waals surface area contributed by atoms with Crippen molar-refractivity contribution in [2.75, 3.05) is 0 Å². The van der Waals surface area contributed by atoms with Gasteiger partial charge in [-0.2, -0.15) is 23.3 Å². The molecule has 1 heterocycles. The summed E-state index contributed by atoms with van der Waals surface area (Å²) >= 11 is 2.01. The van der Waals surface area contributed by atoms with Gasteiger partial charge in [-0.15, -0.1) is 0 Å². The predicted octanol–water partition coefficient (Wildman–Crippen LogP) is 2.76. The number of rotatable bonds is 1. The Morgan fingerprint density at radius 2 is 1.95 bits per heavy atom. The number of alkyl halides is 3. The number of hydrogen-bond acceptors (Lipinski definition) is 3. The number of carbonyl (C=O) groups is 1. The monoisotopic (exact) mass is 398 g/mol. The minimum atomic E-state index is -4.98. The van der Waals surface area contributed by atoms with Gasteiger partial charge < -0.3 is 5.11 Å². The normalized spacial score (nSPS) is 22.9. The van der Waals surface area contributed by atoms with Crippen molar-refractivity contribution in [1.29, 1.82) is 0 Å². The number of hydrazone groups is 1. The number of benzene rings is 1. The van der Waals surface area contributed by atoms with E-state index in [0.717, 1.165) is 3.57 Å². The van der Waals surface area contributed by atoms with E-state index >= 15 is 0 Å². The van der Waals surface area contributed by atoms with Gasteiger partial charge in [-0.3, -0.25) is 4.79 Å². The van der Waals surface area contributed by atoms with Gasteiger partial charge in [-0.25, -0.2) is 0 Å². The molecule has 1 unspecified atom stereocenters. The SMILES string of the molecule is CC1=NN(C(=O)c2ccc(I)cc2)C(O)(C(F)(F)F)C1. The van der Waals surface area contributed by atoms with Gasteiger partial charge in [-0.05, 0) is 53.8 Å². The van der Waals surface area contributed by atoms with Crippen LogP contribution in [-0.2, 0) is 0 Å². The fourth-order valence-corrected chi connectivity index (χ4v) is 2.23. The maximum absolute atomic E-state index is 13.0. The van der Waals surface area contributed by atoms with Crippen molar-refractivity contribution in [3.05, 3.63) is 33.4 Å². The topological polar surface area (TPSA) is 52.9 Å². The molecule has 20 heavy (non-hydrogen) atoms. The summed E-state index contributed by atoms with van der Waals surface area (Å²) in [6.07, 6.45) is -5.72. The van der Waals surface area contributed by atoms with Crippen molar-refractivity contribution >= 4 is 34.2 Å². The molecule has 0 aromatic heterocycles. The Hall–Kier alpha value is -1.16. The van der Waals surface area contributed by atoms with Gasteiger partial charge in [0, 0.05) is 21.3 Å². The molecule has 1 aliphatic heterocycles. The van der Waals surface area contributed by atoms with E-state index in [9.17, 15) is 23.1 Å². The molecule has 0 saturated heterocycles. The standard InChI is InChI=1S/C12H10F3IN2O2/c1-7-6-11(20,12(13,14)15)18(17-7)10(19)8-2-4-9(16)5-3-8/h2-5,20H,6H2,1H3. The minimum absolute atomic E-state index is 0.0338. The van der Waals surface area contributed by atoms with Gasteiger partial charge in [0.25, 0.3) is 11.6 Å². The number of amides is 1. The van der Waals surface area contributed by atoms with Crippen LogP contribution in [0.15, 0.2) is 29.4 Å². The lowest BCUT2D eigenvalue weighted by atomic mass is 10.1. The van der Waals surface area contributed by atoms with Crippen molar-refractivity contribution in [2.24, 2.45) is 5.10 Å². The molecule has 0 fully saturated rings. The van der Waals surface area contributed by atoms with E-state index in [-0.39, 0.29) is 16.3 Å². The third-order valence-electron chi connectivity index (χ3n) is 2.86. The Kier molecular flexibility index (Phi) is 3.80. The highest BCUT2D eigenvalue weighted by Gasteiger charge is 2.62. The first kappa shape index (κ1) is 15.2. The molecular weight excluding hydrogens is 388 g/mol. The van der Waals surface area contributed by atoms with Crippen LogP contribution in [0.2, 0.25) is 0 Å². The Morgan fingerprint density at radius 1 is 1.40 bits per heavy atom. The van der Waals surface area contributed by atoms with Crippen molar-refractivity contribution in [3.8, 4) is 0 Å². The Morgan fingerprint density at radius 3 is 2.45 bits per heavy atom. The van der Waals surface area contributed by atoms with Gasteiger partial charge in [0.15, 0.2) is 0 Å². The fourth-order valence-electron chi connectivity index (χ4n) is 1.87. The summed E-state index contributed by atoms with van der Waals surface area (Å²) in [5.74, 6) is -0.988. The molecule has 8 heteroatoms. The van der Waals surface area contributed by atoms with E-state index in [1.165, 1.54) is 19.1 Å². The molecule has 2 rings (SSSR count). The zero-order chi connectivity index (χ0) is 15.1. The molecule has 1 atom stereocenters. The average Bonchev–Trinajstić information content (AvgIpc) is 2.65. The first-order valence-electron chi connectivity index (χ1n) is 5.58. The Balaban J connectivity index is 2.39. The van der Waals surface area contributed by atoms with Crippen LogP contribution in [0, 0.1) is 3.57 Å². The average molecular weight is 398 g/mol. The summed E-state index contributed by atoms with van der Waals surface area (Å²) in [5.41, 5.74) is -3.20. The second-order valence-electron chi connectivity index (χ2n) is 4.45. The summed E-state index contributed by atoms with van der Waals surface area (Å²) in [7, 11) is 0. The van der Waals surface area contributed by atoms with E-state index in [2.05, 4.69) is 5.10 Å².